The first kappa shape index (κ1) is 26.9. The number of hydrogen-bond acceptors (Lipinski definition) is 6. The highest BCUT2D eigenvalue weighted by Gasteiger charge is 2.09. The van der Waals surface area contributed by atoms with E-state index in [1.807, 2.05) is 85.8 Å². The predicted molar refractivity (Wildman–Crippen MR) is 151 cm³/mol. The molecule has 0 aliphatic heterocycles. The van der Waals surface area contributed by atoms with Gasteiger partial charge in [0.05, 0.1) is 13.3 Å². The number of hydrazone groups is 1. The fourth-order valence-electron chi connectivity index (χ4n) is 3.60. The Balaban J connectivity index is 1.23. The molecule has 4 aromatic carbocycles. The van der Waals surface area contributed by atoms with E-state index in [2.05, 4.69) is 15.8 Å². The largest absolute Gasteiger partial charge is 0.493 e. The zero-order chi connectivity index (χ0) is 27.5. The van der Waals surface area contributed by atoms with E-state index in [9.17, 15) is 9.59 Å². The first-order valence-corrected chi connectivity index (χ1v) is 12.3. The number of nitrogens with one attached hydrogen (secondary N) is 2. The van der Waals surface area contributed by atoms with Gasteiger partial charge in [0.15, 0.2) is 24.7 Å². The maximum atomic E-state index is 12.2. The van der Waals surface area contributed by atoms with E-state index in [4.69, 9.17) is 14.2 Å². The van der Waals surface area contributed by atoms with Gasteiger partial charge in [0.25, 0.3) is 11.8 Å². The van der Waals surface area contributed by atoms with Crippen molar-refractivity contribution >= 4 is 23.7 Å². The number of anilines is 1. The first-order valence-electron chi connectivity index (χ1n) is 12.3. The van der Waals surface area contributed by atoms with Crippen molar-refractivity contribution in [1.82, 2.24) is 5.43 Å². The van der Waals surface area contributed by atoms with Crippen molar-refractivity contribution in [2.45, 2.75) is 6.92 Å². The monoisotopic (exact) mass is 523 g/mol. The molecule has 0 unspecified atom stereocenters. The van der Waals surface area contributed by atoms with Gasteiger partial charge in [0, 0.05) is 5.69 Å². The molecule has 0 heterocycles. The molecule has 0 aromatic heterocycles. The number of aryl methyl sites for hydroxylation is 1. The van der Waals surface area contributed by atoms with Crippen LogP contribution in [0.1, 0.15) is 11.1 Å². The van der Waals surface area contributed by atoms with Gasteiger partial charge in [-0.25, -0.2) is 5.43 Å². The number of carbonyl (C=O) groups excluding carboxylic acids is 2. The van der Waals surface area contributed by atoms with Gasteiger partial charge in [0.1, 0.15) is 5.75 Å². The van der Waals surface area contributed by atoms with E-state index in [-0.39, 0.29) is 19.1 Å². The zero-order valence-electron chi connectivity index (χ0n) is 21.7. The van der Waals surface area contributed by atoms with Gasteiger partial charge in [-0.15, -0.1) is 0 Å². The Kier molecular flexibility index (Phi) is 9.28. The summed E-state index contributed by atoms with van der Waals surface area (Å²) < 4.78 is 16.5. The second kappa shape index (κ2) is 13.4. The van der Waals surface area contributed by atoms with Gasteiger partial charge >= 0.3 is 0 Å². The summed E-state index contributed by atoms with van der Waals surface area (Å²) in [5.41, 5.74) is 7.08. The normalized spacial score (nSPS) is 10.6. The van der Waals surface area contributed by atoms with Crippen molar-refractivity contribution in [3.05, 3.63) is 108 Å². The zero-order valence-corrected chi connectivity index (χ0v) is 21.7. The summed E-state index contributed by atoms with van der Waals surface area (Å²) in [4.78, 5) is 24.3. The standard InChI is InChI=1S/C31H29N3O5/c1-22-8-13-26(14-9-22)33-30(35)20-39-28-17-10-23(18-29(28)37-2)19-32-34-31(36)21-38-27-15-11-25(12-16-27)24-6-4-3-5-7-24/h3-19H,20-21H2,1-2H3,(H,33,35)(H,34,36)/b32-19-. The number of amides is 2. The van der Waals surface area contributed by atoms with Gasteiger partial charge in [-0.3, -0.25) is 9.59 Å². The maximum absolute atomic E-state index is 12.2. The van der Waals surface area contributed by atoms with Crippen LogP contribution in [0.25, 0.3) is 11.1 Å². The van der Waals surface area contributed by atoms with Crippen LogP contribution < -0.4 is 25.0 Å². The van der Waals surface area contributed by atoms with Crippen molar-refractivity contribution in [2.24, 2.45) is 5.10 Å². The predicted octanol–water partition coefficient (Wildman–Crippen LogP) is 5.22. The molecule has 0 aliphatic rings. The van der Waals surface area contributed by atoms with Crippen molar-refractivity contribution in [1.29, 1.82) is 0 Å². The summed E-state index contributed by atoms with van der Waals surface area (Å²) in [7, 11) is 1.50. The van der Waals surface area contributed by atoms with Crippen LogP contribution >= 0.6 is 0 Å². The van der Waals surface area contributed by atoms with Crippen LogP contribution in [0.15, 0.2) is 102 Å². The van der Waals surface area contributed by atoms with Crippen molar-refractivity contribution in [3.8, 4) is 28.4 Å². The van der Waals surface area contributed by atoms with Crippen molar-refractivity contribution in [2.75, 3.05) is 25.6 Å². The number of hydrogen-bond donors (Lipinski definition) is 2. The SMILES string of the molecule is COc1cc(/C=N\NC(=O)COc2ccc(-c3ccccc3)cc2)ccc1OCC(=O)Nc1ccc(C)cc1. The summed E-state index contributed by atoms with van der Waals surface area (Å²) in [5.74, 6) is 0.732. The fraction of sp³-hybridized carbons (Fsp3) is 0.129. The van der Waals surface area contributed by atoms with Crippen LogP contribution in [0.3, 0.4) is 0 Å². The topological polar surface area (TPSA) is 98.2 Å². The minimum absolute atomic E-state index is 0.178. The lowest BCUT2D eigenvalue weighted by Gasteiger charge is -2.11. The average Bonchev–Trinajstić information content (AvgIpc) is 2.97. The summed E-state index contributed by atoms with van der Waals surface area (Å²) in [6.45, 7) is 1.62. The molecule has 0 spiro atoms. The molecule has 0 aliphatic carbocycles. The first-order chi connectivity index (χ1) is 19.0. The molecule has 0 radical (unpaired) electrons. The van der Waals surface area contributed by atoms with Gasteiger partial charge in [0.2, 0.25) is 0 Å². The van der Waals surface area contributed by atoms with Crippen LogP contribution in [0, 0.1) is 6.92 Å². The molecule has 2 amide bonds. The number of ether oxygens (including phenoxy) is 3. The molecule has 4 aromatic rings. The fourth-order valence-corrected chi connectivity index (χ4v) is 3.60. The summed E-state index contributed by atoms with van der Waals surface area (Å²) in [6, 6.07) is 30.1. The maximum Gasteiger partial charge on any atom is 0.277 e. The number of methoxy groups -OCH3 is 1. The molecule has 0 fully saturated rings. The van der Waals surface area contributed by atoms with Gasteiger partial charge < -0.3 is 19.5 Å². The molecule has 8 nitrogen and oxygen atoms in total. The Morgan fingerprint density at radius 1 is 0.769 bits per heavy atom. The molecule has 198 valence electrons. The third kappa shape index (κ3) is 8.19. The molecule has 0 saturated carbocycles. The van der Waals surface area contributed by atoms with E-state index in [1.165, 1.54) is 13.3 Å². The summed E-state index contributed by atoms with van der Waals surface area (Å²) in [6.07, 6.45) is 1.48. The van der Waals surface area contributed by atoms with Crippen molar-refractivity contribution in [3.63, 3.8) is 0 Å². The minimum atomic E-state index is -0.398. The number of carbonyl (C=O) groups is 2. The Hall–Kier alpha value is -5.11. The summed E-state index contributed by atoms with van der Waals surface area (Å²) >= 11 is 0. The van der Waals surface area contributed by atoms with Crippen LogP contribution in [-0.2, 0) is 9.59 Å². The van der Waals surface area contributed by atoms with Crippen LogP contribution in [-0.4, -0.2) is 38.4 Å². The molecule has 39 heavy (non-hydrogen) atoms. The Labute approximate surface area is 227 Å². The summed E-state index contributed by atoms with van der Waals surface area (Å²) in [5, 5.41) is 6.76. The van der Waals surface area contributed by atoms with Crippen LogP contribution in [0.4, 0.5) is 5.69 Å². The van der Waals surface area contributed by atoms with E-state index >= 15 is 0 Å². The highest BCUT2D eigenvalue weighted by atomic mass is 16.5. The third-order valence-corrected chi connectivity index (χ3v) is 5.62. The lowest BCUT2D eigenvalue weighted by Crippen LogP contribution is -2.24. The highest BCUT2D eigenvalue weighted by molar-refractivity contribution is 5.92. The van der Waals surface area contributed by atoms with E-state index in [1.54, 1.807) is 18.2 Å². The minimum Gasteiger partial charge on any atom is -0.493 e. The third-order valence-electron chi connectivity index (χ3n) is 5.62. The Bertz CT molecular complexity index is 1420. The van der Waals surface area contributed by atoms with Crippen LogP contribution in [0.2, 0.25) is 0 Å². The van der Waals surface area contributed by atoms with Crippen molar-refractivity contribution < 1.29 is 23.8 Å². The van der Waals surface area contributed by atoms with E-state index < -0.39 is 5.91 Å². The molecular weight excluding hydrogens is 494 g/mol. The van der Waals surface area contributed by atoms with E-state index in [0.29, 0.717) is 28.5 Å². The molecule has 0 saturated heterocycles. The number of nitrogens with zero attached hydrogens (tertiary/aromatic N) is 1. The second-order valence-corrected chi connectivity index (χ2v) is 8.59. The van der Waals surface area contributed by atoms with Gasteiger partial charge in [-0.2, -0.15) is 5.10 Å². The smallest absolute Gasteiger partial charge is 0.277 e. The lowest BCUT2D eigenvalue weighted by molar-refractivity contribution is -0.123. The number of rotatable bonds is 11. The van der Waals surface area contributed by atoms with Crippen LogP contribution in [0.5, 0.6) is 17.2 Å². The van der Waals surface area contributed by atoms with E-state index in [0.717, 1.165) is 16.7 Å². The molecular formula is C31H29N3O5. The van der Waals surface area contributed by atoms with Gasteiger partial charge in [-0.05, 0) is 66.1 Å². The molecule has 4 rings (SSSR count). The number of benzene rings is 4. The Morgan fingerprint density at radius 3 is 2.18 bits per heavy atom. The molecule has 0 atom stereocenters. The van der Waals surface area contributed by atoms with Gasteiger partial charge in [-0.1, -0.05) is 60.2 Å². The molecule has 2 N–H and O–H groups in total. The average molecular weight is 524 g/mol. The molecule has 0 bridgehead atoms. The Morgan fingerprint density at radius 2 is 1.46 bits per heavy atom. The second-order valence-electron chi connectivity index (χ2n) is 8.59. The molecule has 8 heteroatoms. The lowest BCUT2D eigenvalue weighted by atomic mass is 10.1. The quantitative estimate of drug-likeness (QED) is 0.208. The highest BCUT2D eigenvalue weighted by Crippen LogP contribution is 2.27.